The molecule has 1 saturated heterocycles. The molecule has 1 aliphatic heterocycles. The van der Waals surface area contributed by atoms with Crippen LogP contribution in [0.2, 0.25) is 0 Å². The van der Waals surface area contributed by atoms with Crippen molar-refractivity contribution in [3.05, 3.63) is 24.3 Å². The molecule has 7 nitrogen and oxygen atoms in total. The van der Waals surface area contributed by atoms with E-state index in [0.717, 1.165) is 42.0 Å². The number of aromatic nitrogens is 2. The van der Waals surface area contributed by atoms with E-state index < -0.39 is 11.4 Å². The number of carbonyl (C=O) groups excluding carboxylic acids is 3. The molecule has 2 aliphatic rings. The topological polar surface area (TPSA) is 84.3 Å². The Morgan fingerprint density at radius 1 is 1.20 bits per heavy atom. The third-order valence-electron chi connectivity index (χ3n) is 5.97. The van der Waals surface area contributed by atoms with E-state index in [1.54, 1.807) is 0 Å². The number of piperazine rings is 1. The van der Waals surface area contributed by atoms with Crippen LogP contribution in [0.25, 0.3) is 11.0 Å². The lowest BCUT2D eigenvalue weighted by atomic mass is 9.78. The number of thioether (sulfide) groups is 1. The first-order valence-electron chi connectivity index (χ1n) is 10.6. The largest absolute Gasteiger partial charge is 0.319 e. The van der Waals surface area contributed by atoms with E-state index in [9.17, 15) is 14.4 Å². The quantitative estimate of drug-likeness (QED) is 0.585. The lowest BCUT2D eigenvalue weighted by molar-refractivity contribution is -0.158. The Bertz CT molecular complexity index is 978. The van der Waals surface area contributed by atoms with Crippen molar-refractivity contribution >= 4 is 40.5 Å². The third kappa shape index (κ3) is 3.85. The van der Waals surface area contributed by atoms with Crippen LogP contribution in [0.1, 0.15) is 46.0 Å². The maximum atomic E-state index is 13.2. The smallest absolute Gasteiger partial charge is 0.252 e. The van der Waals surface area contributed by atoms with Gasteiger partial charge in [0, 0.05) is 6.54 Å². The first kappa shape index (κ1) is 20.9. The van der Waals surface area contributed by atoms with E-state index in [4.69, 9.17) is 4.98 Å². The molecule has 30 heavy (non-hydrogen) atoms. The Kier molecular flexibility index (Phi) is 5.86. The Morgan fingerprint density at radius 2 is 1.93 bits per heavy atom. The molecule has 8 heteroatoms. The van der Waals surface area contributed by atoms with E-state index in [-0.39, 0.29) is 24.1 Å². The van der Waals surface area contributed by atoms with Crippen molar-refractivity contribution in [3.8, 4) is 0 Å². The Balaban J connectivity index is 1.56. The van der Waals surface area contributed by atoms with Crippen LogP contribution in [-0.4, -0.2) is 50.0 Å². The number of imide groups is 1. The van der Waals surface area contributed by atoms with Crippen LogP contribution in [0.5, 0.6) is 0 Å². The third-order valence-corrected chi connectivity index (χ3v) is 6.93. The Hall–Kier alpha value is -2.35. The summed E-state index contributed by atoms with van der Waals surface area (Å²) in [5.74, 6) is -0.297. The highest BCUT2D eigenvalue weighted by Crippen LogP contribution is 2.36. The van der Waals surface area contributed by atoms with E-state index in [1.165, 1.54) is 16.7 Å². The van der Waals surface area contributed by atoms with Crippen molar-refractivity contribution < 1.29 is 14.4 Å². The molecule has 1 spiro atoms. The molecular formula is C22H28N4O3S. The molecule has 1 aliphatic carbocycles. The summed E-state index contributed by atoms with van der Waals surface area (Å²) in [5.41, 5.74) is 1.09. The summed E-state index contributed by atoms with van der Waals surface area (Å²) in [7, 11) is 0. The first-order valence-corrected chi connectivity index (χ1v) is 11.6. The highest BCUT2D eigenvalue weighted by Gasteiger charge is 2.50. The molecule has 1 aromatic heterocycles. The van der Waals surface area contributed by atoms with Crippen LogP contribution in [0.4, 0.5) is 0 Å². The summed E-state index contributed by atoms with van der Waals surface area (Å²) >= 11 is 1.38. The van der Waals surface area contributed by atoms with E-state index in [1.807, 2.05) is 24.3 Å². The number of imidazole rings is 1. The normalized spacial score (nSPS) is 19.0. The lowest BCUT2D eigenvalue weighted by Gasteiger charge is -2.47. The van der Waals surface area contributed by atoms with Gasteiger partial charge < -0.3 is 9.47 Å². The molecule has 1 aromatic carbocycles. The number of amides is 3. The molecule has 4 rings (SSSR count). The van der Waals surface area contributed by atoms with Crippen molar-refractivity contribution in [2.24, 2.45) is 5.92 Å². The molecule has 2 heterocycles. The predicted octanol–water partition coefficient (Wildman–Crippen LogP) is 2.97. The maximum Gasteiger partial charge on any atom is 0.252 e. The average Bonchev–Trinajstić information content (AvgIpc) is 3.07. The maximum absolute atomic E-state index is 13.2. The highest BCUT2D eigenvalue weighted by molar-refractivity contribution is 7.99. The minimum atomic E-state index is -0.873. The first-order chi connectivity index (χ1) is 14.4. The molecule has 2 fully saturated rings. The van der Waals surface area contributed by atoms with Crippen molar-refractivity contribution in [2.75, 3.05) is 12.3 Å². The minimum Gasteiger partial charge on any atom is -0.319 e. The van der Waals surface area contributed by atoms with Gasteiger partial charge in [-0.25, -0.2) is 4.98 Å². The molecule has 2 aromatic rings. The number of rotatable bonds is 5. The molecule has 160 valence electrons. The van der Waals surface area contributed by atoms with Gasteiger partial charge in [0.1, 0.15) is 12.1 Å². The van der Waals surface area contributed by atoms with Gasteiger partial charge >= 0.3 is 0 Å². The van der Waals surface area contributed by atoms with Crippen LogP contribution < -0.4 is 5.32 Å². The number of carbonyl (C=O) groups is 3. The van der Waals surface area contributed by atoms with Gasteiger partial charge in [-0.05, 0) is 30.9 Å². The molecule has 0 radical (unpaired) electrons. The standard InChI is InChI=1S/C22H28N4O3S/c1-15(2)12-25-17-9-5-4-8-16(17)23-21(25)30-14-19(28)26-13-18(27)24-20(29)22(26)10-6-3-7-11-22/h4-5,8-9,15H,3,6-7,10-14H2,1-2H3,(H,24,27,29). The predicted molar refractivity (Wildman–Crippen MR) is 116 cm³/mol. The van der Waals surface area contributed by atoms with Crippen LogP contribution >= 0.6 is 11.8 Å². The number of benzene rings is 1. The summed E-state index contributed by atoms with van der Waals surface area (Å²) < 4.78 is 2.16. The number of fused-ring (bicyclic) bond motifs is 1. The fourth-order valence-corrected chi connectivity index (χ4v) is 5.47. The number of hydrogen-bond acceptors (Lipinski definition) is 5. The second-order valence-electron chi connectivity index (χ2n) is 8.63. The highest BCUT2D eigenvalue weighted by atomic mass is 32.2. The molecule has 0 atom stereocenters. The van der Waals surface area contributed by atoms with Crippen LogP contribution in [0.3, 0.4) is 0 Å². The van der Waals surface area contributed by atoms with Crippen LogP contribution in [0.15, 0.2) is 29.4 Å². The molecule has 1 saturated carbocycles. The van der Waals surface area contributed by atoms with Crippen LogP contribution in [0, 0.1) is 5.92 Å². The van der Waals surface area contributed by atoms with Gasteiger partial charge in [-0.1, -0.05) is 57.0 Å². The fraction of sp³-hybridized carbons (Fsp3) is 0.545. The molecule has 3 amide bonds. The Morgan fingerprint density at radius 3 is 2.67 bits per heavy atom. The molecular weight excluding hydrogens is 400 g/mol. The van der Waals surface area contributed by atoms with Crippen molar-refractivity contribution in [3.63, 3.8) is 0 Å². The van der Waals surface area contributed by atoms with Crippen LogP contribution in [-0.2, 0) is 20.9 Å². The van der Waals surface area contributed by atoms with Gasteiger partial charge in [0.05, 0.1) is 16.8 Å². The minimum absolute atomic E-state index is 0.0481. The number of para-hydroxylation sites is 2. The second kappa shape index (κ2) is 8.41. The van der Waals surface area contributed by atoms with Gasteiger partial charge in [0.25, 0.3) is 5.91 Å². The summed E-state index contributed by atoms with van der Waals surface area (Å²) in [6.45, 7) is 5.07. The summed E-state index contributed by atoms with van der Waals surface area (Å²) in [6.07, 6.45) is 4.08. The lowest BCUT2D eigenvalue weighted by Crippen LogP contribution is -2.69. The van der Waals surface area contributed by atoms with Crippen molar-refractivity contribution in [1.29, 1.82) is 0 Å². The fourth-order valence-electron chi connectivity index (χ4n) is 4.57. The molecule has 0 unspecified atom stereocenters. The summed E-state index contributed by atoms with van der Waals surface area (Å²) in [4.78, 5) is 44.2. The second-order valence-corrected chi connectivity index (χ2v) is 9.57. The molecule has 1 N–H and O–H groups in total. The zero-order valence-corrected chi connectivity index (χ0v) is 18.3. The number of nitrogens with zero attached hydrogens (tertiary/aromatic N) is 3. The monoisotopic (exact) mass is 428 g/mol. The Labute approximate surface area is 180 Å². The van der Waals surface area contributed by atoms with Crippen molar-refractivity contribution in [1.82, 2.24) is 19.8 Å². The zero-order chi connectivity index (χ0) is 21.3. The summed E-state index contributed by atoms with van der Waals surface area (Å²) in [6, 6.07) is 7.97. The van der Waals surface area contributed by atoms with Gasteiger partial charge in [-0.3, -0.25) is 19.7 Å². The van der Waals surface area contributed by atoms with Crippen molar-refractivity contribution in [2.45, 2.75) is 63.2 Å². The summed E-state index contributed by atoms with van der Waals surface area (Å²) in [5, 5.41) is 3.25. The number of nitrogens with one attached hydrogen (secondary N) is 1. The zero-order valence-electron chi connectivity index (χ0n) is 17.5. The van der Waals surface area contributed by atoms with Gasteiger partial charge in [-0.2, -0.15) is 0 Å². The number of hydrogen-bond donors (Lipinski definition) is 1. The van der Waals surface area contributed by atoms with Gasteiger partial charge in [0.2, 0.25) is 11.8 Å². The van der Waals surface area contributed by atoms with Gasteiger partial charge in [0.15, 0.2) is 5.16 Å². The molecule has 0 bridgehead atoms. The van der Waals surface area contributed by atoms with E-state index in [2.05, 4.69) is 23.7 Å². The van der Waals surface area contributed by atoms with E-state index in [0.29, 0.717) is 18.8 Å². The van der Waals surface area contributed by atoms with E-state index >= 15 is 0 Å². The SMILES string of the molecule is CC(C)Cn1c(SCC(=O)N2CC(=O)NC(=O)C23CCCCC3)nc2ccccc21. The average molecular weight is 429 g/mol. The van der Waals surface area contributed by atoms with Gasteiger partial charge in [-0.15, -0.1) is 0 Å².